The third-order valence-corrected chi connectivity index (χ3v) is 2.32. The van der Waals surface area contributed by atoms with Gasteiger partial charge in [0.2, 0.25) is 0 Å². The molecule has 0 atom stereocenters. The zero-order valence-electron chi connectivity index (χ0n) is 11.5. The Hall–Kier alpha value is -1.75. The van der Waals surface area contributed by atoms with Gasteiger partial charge < -0.3 is 19.3 Å². The van der Waals surface area contributed by atoms with Gasteiger partial charge in [0.1, 0.15) is 18.1 Å². The van der Waals surface area contributed by atoms with E-state index in [-0.39, 0.29) is 13.2 Å². The Morgan fingerprint density at radius 2 is 1.79 bits per heavy atom. The summed E-state index contributed by atoms with van der Waals surface area (Å²) in [7, 11) is 0. The van der Waals surface area contributed by atoms with Gasteiger partial charge in [0.15, 0.2) is 5.60 Å². The van der Waals surface area contributed by atoms with Crippen molar-refractivity contribution < 1.29 is 24.1 Å². The van der Waals surface area contributed by atoms with Crippen LogP contribution >= 0.6 is 0 Å². The molecule has 0 bridgehead atoms. The number of esters is 1. The fourth-order valence-corrected chi connectivity index (χ4v) is 1.41. The molecule has 1 N–H and O–H groups in total. The van der Waals surface area contributed by atoms with Crippen LogP contribution in [0, 0.1) is 0 Å². The predicted molar refractivity (Wildman–Crippen MR) is 70.4 cm³/mol. The van der Waals surface area contributed by atoms with E-state index in [9.17, 15) is 4.79 Å². The Bertz CT molecular complexity index is 397. The maximum Gasteiger partial charge on any atom is 0.349 e. The van der Waals surface area contributed by atoms with Crippen LogP contribution in [0.1, 0.15) is 20.8 Å². The summed E-state index contributed by atoms with van der Waals surface area (Å²) in [5.74, 6) is 0.778. The van der Waals surface area contributed by atoms with Crippen LogP contribution in [0.15, 0.2) is 24.3 Å². The van der Waals surface area contributed by atoms with Gasteiger partial charge in [-0.05, 0) is 45.0 Å². The van der Waals surface area contributed by atoms with E-state index in [1.807, 2.05) is 0 Å². The van der Waals surface area contributed by atoms with Crippen molar-refractivity contribution in [2.24, 2.45) is 0 Å². The molecule has 0 unspecified atom stereocenters. The number of hydrogen-bond donors (Lipinski definition) is 1. The molecule has 0 radical (unpaired) electrons. The third kappa shape index (κ3) is 4.79. The maximum atomic E-state index is 11.7. The van der Waals surface area contributed by atoms with E-state index in [0.717, 1.165) is 0 Å². The van der Waals surface area contributed by atoms with Gasteiger partial charge in [-0.25, -0.2) is 4.79 Å². The lowest BCUT2D eigenvalue weighted by Gasteiger charge is -2.24. The summed E-state index contributed by atoms with van der Waals surface area (Å²) < 4.78 is 15.8. The number of ether oxygens (including phenoxy) is 3. The second-order valence-electron chi connectivity index (χ2n) is 4.38. The minimum atomic E-state index is -1.04. The van der Waals surface area contributed by atoms with E-state index < -0.39 is 11.6 Å². The lowest BCUT2D eigenvalue weighted by Crippen LogP contribution is -2.39. The van der Waals surface area contributed by atoms with Gasteiger partial charge in [-0.3, -0.25) is 0 Å². The standard InChI is InChI=1S/C14H20O5/c1-4-17-13(16)14(2,3)19-12-7-5-11(6-8-12)18-10-9-15/h5-8,15H,4,9-10H2,1-3H3. The number of aliphatic hydroxyl groups is 1. The molecule has 1 rings (SSSR count). The van der Waals surface area contributed by atoms with Gasteiger partial charge in [0.05, 0.1) is 13.2 Å². The van der Waals surface area contributed by atoms with Crippen molar-refractivity contribution in [3.8, 4) is 11.5 Å². The first-order valence-corrected chi connectivity index (χ1v) is 6.19. The van der Waals surface area contributed by atoms with E-state index >= 15 is 0 Å². The molecule has 0 fully saturated rings. The zero-order chi connectivity index (χ0) is 14.3. The first-order valence-electron chi connectivity index (χ1n) is 6.19. The van der Waals surface area contributed by atoms with Crippen LogP contribution in [0.3, 0.4) is 0 Å². The molecule has 106 valence electrons. The topological polar surface area (TPSA) is 65.0 Å². The summed E-state index contributed by atoms with van der Waals surface area (Å²) in [6.45, 7) is 5.59. The van der Waals surface area contributed by atoms with Gasteiger partial charge >= 0.3 is 5.97 Å². The lowest BCUT2D eigenvalue weighted by molar-refractivity contribution is -0.158. The quantitative estimate of drug-likeness (QED) is 0.764. The van der Waals surface area contributed by atoms with E-state index in [1.54, 1.807) is 45.0 Å². The van der Waals surface area contributed by atoms with Crippen molar-refractivity contribution in [3.63, 3.8) is 0 Å². The highest BCUT2D eigenvalue weighted by atomic mass is 16.6. The lowest BCUT2D eigenvalue weighted by atomic mass is 10.1. The van der Waals surface area contributed by atoms with E-state index in [4.69, 9.17) is 19.3 Å². The molecule has 0 aliphatic rings. The molecule has 0 aromatic heterocycles. The van der Waals surface area contributed by atoms with Crippen molar-refractivity contribution in [1.82, 2.24) is 0 Å². The number of rotatable bonds is 7. The smallest absolute Gasteiger partial charge is 0.349 e. The Morgan fingerprint density at radius 1 is 1.21 bits per heavy atom. The third-order valence-electron chi connectivity index (χ3n) is 2.32. The molecule has 1 aromatic carbocycles. The second-order valence-corrected chi connectivity index (χ2v) is 4.38. The van der Waals surface area contributed by atoms with Crippen LogP contribution in [0.5, 0.6) is 11.5 Å². The highest BCUT2D eigenvalue weighted by molar-refractivity contribution is 5.79. The summed E-state index contributed by atoms with van der Waals surface area (Å²) in [4.78, 5) is 11.7. The molecule has 0 saturated heterocycles. The van der Waals surface area contributed by atoms with Gasteiger partial charge in [0, 0.05) is 0 Å². The molecular weight excluding hydrogens is 248 g/mol. The van der Waals surface area contributed by atoms with E-state index in [2.05, 4.69) is 0 Å². The monoisotopic (exact) mass is 268 g/mol. The summed E-state index contributed by atoms with van der Waals surface area (Å²) in [6, 6.07) is 6.83. The molecule has 0 spiro atoms. The van der Waals surface area contributed by atoms with Gasteiger partial charge in [0.25, 0.3) is 0 Å². The Labute approximate surface area is 113 Å². The summed E-state index contributed by atoms with van der Waals surface area (Å²) >= 11 is 0. The van der Waals surface area contributed by atoms with Crippen molar-refractivity contribution in [2.75, 3.05) is 19.8 Å². The highest BCUT2D eigenvalue weighted by Crippen LogP contribution is 2.22. The van der Waals surface area contributed by atoms with Crippen molar-refractivity contribution in [1.29, 1.82) is 0 Å². The normalized spacial score (nSPS) is 10.9. The van der Waals surface area contributed by atoms with E-state index in [0.29, 0.717) is 18.1 Å². The first kappa shape index (κ1) is 15.3. The average molecular weight is 268 g/mol. The summed E-state index contributed by atoms with van der Waals surface area (Å²) in [5.41, 5.74) is -1.04. The van der Waals surface area contributed by atoms with Crippen molar-refractivity contribution in [3.05, 3.63) is 24.3 Å². The molecule has 5 nitrogen and oxygen atoms in total. The molecule has 0 heterocycles. The number of benzene rings is 1. The molecule has 1 aromatic rings. The first-order chi connectivity index (χ1) is 8.99. The number of carbonyl (C=O) groups is 1. The zero-order valence-corrected chi connectivity index (χ0v) is 11.5. The molecule has 0 amide bonds. The molecule has 0 saturated carbocycles. The Morgan fingerprint density at radius 3 is 2.32 bits per heavy atom. The van der Waals surface area contributed by atoms with E-state index in [1.165, 1.54) is 0 Å². The minimum absolute atomic E-state index is 0.0336. The Kier molecular flexibility index (Phi) is 5.63. The summed E-state index contributed by atoms with van der Waals surface area (Å²) in [6.07, 6.45) is 0. The Balaban J connectivity index is 2.64. The highest BCUT2D eigenvalue weighted by Gasteiger charge is 2.31. The van der Waals surface area contributed by atoms with Crippen molar-refractivity contribution >= 4 is 5.97 Å². The fraction of sp³-hybridized carbons (Fsp3) is 0.500. The molecule has 0 aliphatic carbocycles. The van der Waals surface area contributed by atoms with Crippen LogP contribution in [0.4, 0.5) is 0 Å². The van der Waals surface area contributed by atoms with Crippen LogP contribution < -0.4 is 9.47 Å². The van der Waals surface area contributed by atoms with Crippen molar-refractivity contribution in [2.45, 2.75) is 26.4 Å². The van der Waals surface area contributed by atoms with Crippen LogP contribution in [0.25, 0.3) is 0 Å². The van der Waals surface area contributed by atoms with Gasteiger partial charge in [-0.1, -0.05) is 0 Å². The van der Waals surface area contributed by atoms with Crippen LogP contribution in [-0.2, 0) is 9.53 Å². The molecule has 5 heteroatoms. The largest absolute Gasteiger partial charge is 0.491 e. The van der Waals surface area contributed by atoms with Crippen LogP contribution in [-0.4, -0.2) is 36.5 Å². The summed E-state index contributed by atoms with van der Waals surface area (Å²) in [5, 5.41) is 8.65. The van der Waals surface area contributed by atoms with Crippen LogP contribution in [0.2, 0.25) is 0 Å². The SMILES string of the molecule is CCOC(=O)C(C)(C)Oc1ccc(OCCO)cc1. The maximum absolute atomic E-state index is 11.7. The molecular formula is C14H20O5. The average Bonchev–Trinajstić information content (AvgIpc) is 2.38. The number of aliphatic hydroxyl groups excluding tert-OH is 1. The number of carbonyl (C=O) groups excluding carboxylic acids is 1. The molecule has 0 aliphatic heterocycles. The van der Waals surface area contributed by atoms with Gasteiger partial charge in [-0.15, -0.1) is 0 Å². The fourth-order valence-electron chi connectivity index (χ4n) is 1.41. The second kappa shape index (κ2) is 6.99. The number of hydrogen-bond acceptors (Lipinski definition) is 5. The predicted octanol–water partition coefficient (Wildman–Crippen LogP) is 1.78. The van der Waals surface area contributed by atoms with Gasteiger partial charge in [-0.2, -0.15) is 0 Å². The molecule has 19 heavy (non-hydrogen) atoms. The minimum Gasteiger partial charge on any atom is -0.491 e.